The lowest BCUT2D eigenvalue weighted by Gasteiger charge is -2.23. The Hall–Kier alpha value is -1.37. The summed E-state index contributed by atoms with van der Waals surface area (Å²) < 4.78 is 61.8. The number of hydrogen-bond acceptors (Lipinski definition) is 2. The van der Waals surface area contributed by atoms with E-state index in [-0.39, 0.29) is 5.56 Å². The van der Waals surface area contributed by atoms with Gasteiger partial charge >= 0.3 is 12.1 Å². The third kappa shape index (κ3) is 3.79. The van der Waals surface area contributed by atoms with Gasteiger partial charge in [-0.1, -0.05) is 12.1 Å². The summed E-state index contributed by atoms with van der Waals surface area (Å²) in [5, 5.41) is 9.53. The SMILES string of the molecule is CN(C)c1cccc(C(O)CC(F)(F)C(F)(F)F)c1. The molecule has 1 aromatic carbocycles. The molecule has 0 spiro atoms. The van der Waals surface area contributed by atoms with Crippen molar-refractivity contribution in [2.75, 3.05) is 19.0 Å². The Kier molecular flexibility index (Phi) is 4.39. The Labute approximate surface area is 107 Å². The fraction of sp³-hybridized carbons (Fsp3) is 0.500. The van der Waals surface area contributed by atoms with Gasteiger partial charge in [-0.25, -0.2) is 0 Å². The van der Waals surface area contributed by atoms with Crippen LogP contribution in [0.3, 0.4) is 0 Å². The van der Waals surface area contributed by atoms with Gasteiger partial charge in [-0.15, -0.1) is 0 Å². The van der Waals surface area contributed by atoms with Crippen molar-refractivity contribution in [3.63, 3.8) is 0 Å². The third-order valence-electron chi connectivity index (χ3n) is 2.64. The van der Waals surface area contributed by atoms with Gasteiger partial charge in [0.2, 0.25) is 0 Å². The molecule has 108 valence electrons. The van der Waals surface area contributed by atoms with Gasteiger partial charge in [0.25, 0.3) is 0 Å². The van der Waals surface area contributed by atoms with E-state index in [2.05, 4.69) is 0 Å². The van der Waals surface area contributed by atoms with E-state index in [1.807, 2.05) is 0 Å². The second-order valence-corrected chi connectivity index (χ2v) is 4.41. The fourth-order valence-corrected chi connectivity index (χ4v) is 1.49. The van der Waals surface area contributed by atoms with Crippen LogP contribution in [0.4, 0.5) is 27.6 Å². The minimum Gasteiger partial charge on any atom is -0.388 e. The lowest BCUT2D eigenvalue weighted by molar-refractivity contribution is -0.290. The normalized spacial score (nSPS) is 14.3. The van der Waals surface area contributed by atoms with E-state index in [1.54, 1.807) is 25.1 Å². The summed E-state index contributed by atoms with van der Waals surface area (Å²) >= 11 is 0. The van der Waals surface area contributed by atoms with Crippen LogP contribution in [0.5, 0.6) is 0 Å². The molecule has 2 nitrogen and oxygen atoms in total. The lowest BCUT2D eigenvalue weighted by Crippen LogP contribution is -2.37. The molecule has 1 rings (SSSR count). The van der Waals surface area contributed by atoms with E-state index in [9.17, 15) is 27.1 Å². The molecule has 0 heterocycles. The predicted octanol–water partition coefficient (Wildman–Crippen LogP) is 3.37. The zero-order valence-electron chi connectivity index (χ0n) is 10.4. The zero-order chi connectivity index (χ0) is 14.8. The zero-order valence-corrected chi connectivity index (χ0v) is 10.4. The van der Waals surface area contributed by atoms with E-state index in [0.717, 1.165) is 0 Å². The van der Waals surface area contributed by atoms with Crippen LogP contribution in [0.2, 0.25) is 0 Å². The monoisotopic (exact) mass is 283 g/mol. The van der Waals surface area contributed by atoms with E-state index < -0.39 is 24.6 Å². The van der Waals surface area contributed by atoms with Gasteiger partial charge in [0.05, 0.1) is 12.5 Å². The largest absolute Gasteiger partial charge is 0.453 e. The molecular weight excluding hydrogens is 269 g/mol. The highest BCUT2D eigenvalue weighted by Crippen LogP contribution is 2.41. The molecule has 7 heteroatoms. The highest BCUT2D eigenvalue weighted by molar-refractivity contribution is 5.47. The average Bonchev–Trinajstić information content (AvgIpc) is 2.27. The molecule has 0 saturated heterocycles. The fourth-order valence-electron chi connectivity index (χ4n) is 1.49. The highest BCUT2D eigenvalue weighted by Gasteiger charge is 2.58. The van der Waals surface area contributed by atoms with Gasteiger partial charge in [0, 0.05) is 19.8 Å². The molecule has 0 radical (unpaired) electrons. The number of nitrogens with zero attached hydrogens (tertiary/aromatic N) is 1. The first-order chi connectivity index (χ1) is 8.54. The number of rotatable bonds is 4. The van der Waals surface area contributed by atoms with Crippen molar-refractivity contribution in [2.45, 2.75) is 24.6 Å². The molecule has 0 aliphatic heterocycles. The number of anilines is 1. The number of hydrogen-bond donors (Lipinski definition) is 1. The van der Waals surface area contributed by atoms with Crippen LogP contribution < -0.4 is 4.90 Å². The average molecular weight is 283 g/mol. The quantitative estimate of drug-likeness (QED) is 0.856. The van der Waals surface area contributed by atoms with Crippen LogP contribution in [0.1, 0.15) is 18.1 Å². The molecular formula is C12H14F5NO. The van der Waals surface area contributed by atoms with Crippen molar-refractivity contribution in [2.24, 2.45) is 0 Å². The van der Waals surface area contributed by atoms with Crippen molar-refractivity contribution in [3.05, 3.63) is 29.8 Å². The topological polar surface area (TPSA) is 23.5 Å². The summed E-state index contributed by atoms with van der Waals surface area (Å²) in [4.78, 5) is 1.65. The van der Waals surface area contributed by atoms with Crippen LogP contribution >= 0.6 is 0 Å². The van der Waals surface area contributed by atoms with Crippen molar-refractivity contribution < 1.29 is 27.1 Å². The molecule has 0 fully saturated rings. The Bertz CT molecular complexity index is 430. The molecule has 0 aromatic heterocycles. The Morgan fingerprint density at radius 1 is 1.16 bits per heavy atom. The second kappa shape index (κ2) is 5.32. The first-order valence-electron chi connectivity index (χ1n) is 5.44. The molecule has 0 amide bonds. The molecule has 0 saturated carbocycles. The molecule has 1 N–H and O–H groups in total. The summed E-state index contributed by atoms with van der Waals surface area (Å²) in [6.07, 6.45) is -9.22. The van der Waals surface area contributed by atoms with Crippen LogP contribution in [0.15, 0.2) is 24.3 Å². The minimum atomic E-state index is -5.66. The molecule has 0 bridgehead atoms. The van der Waals surface area contributed by atoms with E-state index in [4.69, 9.17) is 0 Å². The first kappa shape index (κ1) is 15.7. The van der Waals surface area contributed by atoms with E-state index in [1.165, 1.54) is 18.2 Å². The number of aliphatic hydroxyl groups is 1. The van der Waals surface area contributed by atoms with Gasteiger partial charge in [-0.3, -0.25) is 0 Å². The second-order valence-electron chi connectivity index (χ2n) is 4.41. The predicted molar refractivity (Wildman–Crippen MR) is 61.3 cm³/mol. The smallest absolute Gasteiger partial charge is 0.388 e. The third-order valence-corrected chi connectivity index (χ3v) is 2.64. The minimum absolute atomic E-state index is 0.0233. The standard InChI is InChI=1S/C12H14F5NO/c1-18(2)9-5-3-4-8(6-9)10(19)7-11(13,14)12(15,16)17/h3-6,10,19H,7H2,1-2H3. The summed E-state index contributed by atoms with van der Waals surface area (Å²) in [7, 11) is 3.38. The van der Waals surface area contributed by atoms with Crippen molar-refractivity contribution in [3.8, 4) is 0 Å². The van der Waals surface area contributed by atoms with Crippen LogP contribution in [0, 0.1) is 0 Å². The van der Waals surface area contributed by atoms with Gasteiger partial charge in [0.1, 0.15) is 0 Å². The summed E-state index contributed by atoms with van der Waals surface area (Å²) in [6.45, 7) is 0. The summed E-state index contributed by atoms with van der Waals surface area (Å²) in [5.41, 5.74) is 0.627. The molecule has 0 aliphatic carbocycles. The Balaban J connectivity index is 2.90. The molecule has 1 aromatic rings. The highest BCUT2D eigenvalue weighted by atomic mass is 19.4. The number of alkyl halides is 5. The van der Waals surface area contributed by atoms with Gasteiger partial charge < -0.3 is 10.0 Å². The number of halogens is 5. The van der Waals surface area contributed by atoms with Crippen molar-refractivity contribution in [1.29, 1.82) is 0 Å². The Morgan fingerprint density at radius 3 is 2.21 bits per heavy atom. The maximum absolute atomic E-state index is 12.8. The van der Waals surface area contributed by atoms with Crippen LogP contribution in [-0.4, -0.2) is 31.3 Å². The molecule has 1 atom stereocenters. The van der Waals surface area contributed by atoms with Crippen molar-refractivity contribution in [1.82, 2.24) is 0 Å². The molecule has 1 unspecified atom stereocenters. The number of benzene rings is 1. The number of aliphatic hydroxyl groups excluding tert-OH is 1. The van der Waals surface area contributed by atoms with Gasteiger partial charge in [-0.2, -0.15) is 22.0 Å². The Morgan fingerprint density at radius 2 is 1.74 bits per heavy atom. The van der Waals surface area contributed by atoms with E-state index in [0.29, 0.717) is 5.69 Å². The van der Waals surface area contributed by atoms with Gasteiger partial charge in [0.15, 0.2) is 0 Å². The van der Waals surface area contributed by atoms with Gasteiger partial charge in [-0.05, 0) is 17.7 Å². The summed E-state index contributed by atoms with van der Waals surface area (Å²) in [6, 6.07) is 5.82. The molecule has 0 aliphatic rings. The van der Waals surface area contributed by atoms with E-state index >= 15 is 0 Å². The van der Waals surface area contributed by atoms with Crippen molar-refractivity contribution >= 4 is 5.69 Å². The first-order valence-corrected chi connectivity index (χ1v) is 5.44. The van der Waals surface area contributed by atoms with Crippen LogP contribution in [-0.2, 0) is 0 Å². The maximum atomic E-state index is 12.8. The van der Waals surface area contributed by atoms with Crippen LogP contribution in [0.25, 0.3) is 0 Å². The maximum Gasteiger partial charge on any atom is 0.453 e. The summed E-state index contributed by atoms with van der Waals surface area (Å²) in [5.74, 6) is -4.92. The molecule has 19 heavy (non-hydrogen) atoms. The lowest BCUT2D eigenvalue weighted by atomic mass is 10.0.